The lowest BCUT2D eigenvalue weighted by molar-refractivity contribution is 0.556. The Bertz CT molecular complexity index is 449. The molecule has 2 aromatic heterocycles. The molecule has 1 atom stereocenters. The molecule has 0 saturated heterocycles. The first-order valence-corrected chi connectivity index (χ1v) is 5.89. The molecular formula is C10H12ClN3S. The zero-order valence-electron chi connectivity index (χ0n) is 8.35. The molecule has 0 amide bonds. The van der Waals surface area contributed by atoms with Gasteiger partial charge in [0.25, 0.3) is 0 Å². The van der Waals surface area contributed by atoms with Crippen LogP contribution in [0.5, 0.6) is 0 Å². The number of imidazole rings is 1. The average Bonchev–Trinajstić information content (AvgIpc) is 2.75. The van der Waals surface area contributed by atoms with Crippen LogP contribution in [0.25, 0.3) is 0 Å². The van der Waals surface area contributed by atoms with Gasteiger partial charge >= 0.3 is 0 Å². The normalized spacial score (nSPS) is 12.9. The van der Waals surface area contributed by atoms with Gasteiger partial charge in [0.05, 0.1) is 4.34 Å². The fraction of sp³-hybridized carbons (Fsp3) is 0.300. The minimum atomic E-state index is 0.308. The predicted molar refractivity (Wildman–Crippen MR) is 64.4 cm³/mol. The van der Waals surface area contributed by atoms with Gasteiger partial charge in [-0.15, -0.1) is 11.3 Å². The number of anilines is 1. The molecule has 0 aliphatic heterocycles. The van der Waals surface area contributed by atoms with E-state index in [1.165, 1.54) is 4.88 Å². The smallest absolute Gasteiger partial charge is 0.200 e. The Morgan fingerprint density at radius 2 is 2.40 bits per heavy atom. The predicted octanol–water partition coefficient (Wildman–Crippen LogP) is 2.98. The van der Waals surface area contributed by atoms with E-state index in [9.17, 15) is 0 Å². The summed E-state index contributed by atoms with van der Waals surface area (Å²) in [5.74, 6) is 0.560. The molecule has 0 fully saturated rings. The van der Waals surface area contributed by atoms with Crippen LogP contribution >= 0.6 is 22.9 Å². The van der Waals surface area contributed by atoms with E-state index < -0.39 is 0 Å². The number of hydrogen-bond donors (Lipinski definition) is 1. The van der Waals surface area contributed by atoms with E-state index in [0.29, 0.717) is 12.0 Å². The lowest BCUT2D eigenvalue weighted by atomic mass is 10.2. The summed E-state index contributed by atoms with van der Waals surface area (Å²) in [6.45, 7) is 2.12. The molecule has 0 saturated carbocycles. The number of aromatic nitrogens is 2. The summed E-state index contributed by atoms with van der Waals surface area (Å²) in [5, 5.41) is 0. The van der Waals surface area contributed by atoms with Gasteiger partial charge in [-0.05, 0) is 19.1 Å². The highest BCUT2D eigenvalue weighted by Gasteiger charge is 2.09. The number of nitrogens with zero attached hydrogens (tertiary/aromatic N) is 2. The van der Waals surface area contributed by atoms with Crippen LogP contribution in [0.4, 0.5) is 5.95 Å². The Hall–Kier alpha value is -1.00. The Morgan fingerprint density at radius 1 is 1.60 bits per heavy atom. The van der Waals surface area contributed by atoms with Crippen molar-refractivity contribution in [2.45, 2.75) is 19.4 Å². The molecule has 0 aromatic carbocycles. The van der Waals surface area contributed by atoms with Gasteiger partial charge < -0.3 is 10.3 Å². The van der Waals surface area contributed by atoms with Crippen molar-refractivity contribution in [1.82, 2.24) is 9.55 Å². The molecule has 3 nitrogen and oxygen atoms in total. The molecule has 2 heterocycles. The topological polar surface area (TPSA) is 43.8 Å². The maximum Gasteiger partial charge on any atom is 0.200 e. The summed E-state index contributed by atoms with van der Waals surface area (Å²) in [6, 6.07) is 4.28. The number of nitrogens with two attached hydrogens (primary N) is 1. The lowest BCUT2D eigenvalue weighted by Gasteiger charge is -2.13. The summed E-state index contributed by atoms with van der Waals surface area (Å²) < 4.78 is 2.80. The molecular weight excluding hydrogens is 230 g/mol. The second kappa shape index (κ2) is 4.24. The standard InChI is InChI=1S/C10H12ClN3S/c1-7(14-5-4-13-10(14)12)6-8-2-3-9(11)15-8/h2-5,7H,6H2,1H3,(H2,12,13). The molecule has 0 bridgehead atoms. The van der Waals surface area contributed by atoms with Crippen LogP contribution in [0.2, 0.25) is 4.34 Å². The van der Waals surface area contributed by atoms with Gasteiger partial charge in [0.15, 0.2) is 5.95 Å². The van der Waals surface area contributed by atoms with Crippen molar-refractivity contribution in [3.05, 3.63) is 33.7 Å². The monoisotopic (exact) mass is 241 g/mol. The summed E-state index contributed by atoms with van der Waals surface area (Å²) in [7, 11) is 0. The zero-order chi connectivity index (χ0) is 10.8. The molecule has 5 heteroatoms. The van der Waals surface area contributed by atoms with Crippen LogP contribution in [-0.2, 0) is 6.42 Å². The molecule has 1 unspecified atom stereocenters. The fourth-order valence-electron chi connectivity index (χ4n) is 1.55. The van der Waals surface area contributed by atoms with Crippen molar-refractivity contribution >= 4 is 28.9 Å². The molecule has 2 N–H and O–H groups in total. The number of nitrogen functional groups attached to an aromatic ring is 1. The first-order valence-electron chi connectivity index (χ1n) is 4.69. The quantitative estimate of drug-likeness (QED) is 0.898. The third-order valence-corrected chi connectivity index (χ3v) is 3.55. The highest BCUT2D eigenvalue weighted by atomic mass is 35.5. The molecule has 0 aliphatic carbocycles. The van der Waals surface area contributed by atoms with E-state index in [0.717, 1.165) is 10.8 Å². The summed E-state index contributed by atoms with van der Waals surface area (Å²) in [6.07, 6.45) is 4.54. The maximum absolute atomic E-state index is 5.87. The number of hydrogen-bond acceptors (Lipinski definition) is 3. The van der Waals surface area contributed by atoms with E-state index in [1.807, 2.05) is 16.8 Å². The Kier molecular flexibility index (Phi) is 2.98. The first kappa shape index (κ1) is 10.5. The van der Waals surface area contributed by atoms with Gasteiger partial charge in [0, 0.05) is 29.7 Å². The highest BCUT2D eigenvalue weighted by molar-refractivity contribution is 7.16. The van der Waals surface area contributed by atoms with Crippen molar-refractivity contribution in [1.29, 1.82) is 0 Å². The van der Waals surface area contributed by atoms with Crippen molar-refractivity contribution in [3.63, 3.8) is 0 Å². The second-order valence-corrected chi connectivity index (χ2v) is 5.25. The molecule has 80 valence electrons. The second-order valence-electron chi connectivity index (χ2n) is 3.45. The van der Waals surface area contributed by atoms with E-state index in [4.69, 9.17) is 17.3 Å². The van der Waals surface area contributed by atoms with Crippen LogP contribution in [-0.4, -0.2) is 9.55 Å². The SMILES string of the molecule is CC(Cc1ccc(Cl)s1)n1ccnc1N. The van der Waals surface area contributed by atoms with Crippen molar-refractivity contribution in [2.24, 2.45) is 0 Å². The van der Waals surface area contributed by atoms with Crippen LogP contribution in [0, 0.1) is 0 Å². The van der Waals surface area contributed by atoms with Crippen LogP contribution in [0.1, 0.15) is 17.8 Å². The minimum Gasteiger partial charge on any atom is -0.369 e. The van der Waals surface area contributed by atoms with Crippen LogP contribution in [0.3, 0.4) is 0 Å². The molecule has 0 aliphatic rings. The highest BCUT2D eigenvalue weighted by Crippen LogP contribution is 2.25. The molecule has 15 heavy (non-hydrogen) atoms. The Balaban J connectivity index is 2.10. The minimum absolute atomic E-state index is 0.308. The Morgan fingerprint density at radius 3 is 2.93 bits per heavy atom. The molecule has 0 radical (unpaired) electrons. The van der Waals surface area contributed by atoms with E-state index in [-0.39, 0.29) is 0 Å². The van der Waals surface area contributed by atoms with Gasteiger partial charge in [0.2, 0.25) is 0 Å². The third kappa shape index (κ3) is 2.33. The fourth-order valence-corrected chi connectivity index (χ4v) is 2.76. The van der Waals surface area contributed by atoms with Crippen molar-refractivity contribution < 1.29 is 0 Å². The van der Waals surface area contributed by atoms with E-state index in [1.54, 1.807) is 17.5 Å². The van der Waals surface area contributed by atoms with Gasteiger partial charge in [-0.3, -0.25) is 0 Å². The van der Waals surface area contributed by atoms with Crippen molar-refractivity contribution in [2.75, 3.05) is 5.73 Å². The number of halogens is 1. The van der Waals surface area contributed by atoms with Gasteiger partial charge in [0.1, 0.15) is 0 Å². The first-order chi connectivity index (χ1) is 7.16. The van der Waals surface area contributed by atoms with Gasteiger partial charge in [-0.1, -0.05) is 11.6 Å². The van der Waals surface area contributed by atoms with Crippen LogP contribution < -0.4 is 5.73 Å². The number of rotatable bonds is 3. The largest absolute Gasteiger partial charge is 0.369 e. The third-order valence-electron chi connectivity index (χ3n) is 2.30. The zero-order valence-corrected chi connectivity index (χ0v) is 9.92. The van der Waals surface area contributed by atoms with Crippen LogP contribution in [0.15, 0.2) is 24.5 Å². The molecule has 2 rings (SSSR count). The summed E-state index contributed by atoms with van der Waals surface area (Å²) >= 11 is 7.48. The number of thiophene rings is 1. The van der Waals surface area contributed by atoms with E-state index >= 15 is 0 Å². The van der Waals surface area contributed by atoms with Crippen molar-refractivity contribution in [3.8, 4) is 0 Å². The summed E-state index contributed by atoms with van der Waals surface area (Å²) in [4.78, 5) is 5.27. The van der Waals surface area contributed by atoms with Gasteiger partial charge in [-0.2, -0.15) is 0 Å². The molecule has 0 spiro atoms. The van der Waals surface area contributed by atoms with Gasteiger partial charge in [-0.25, -0.2) is 4.98 Å². The molecule has 2 aromatic rings. The maximum atomic E-state index is 5.87. The summed E-state index contributed by atoms with van der Waals surface area (Å²) in [5.41, 5.74) is 5.73. The Labute approximate surface area is 97.5 Å². The van der Waals surface area contributed by atoms with E-state index in [2.05, 4.69) is 18.0 Å². The lowest BCUT2D eigenvalue weighted by Crippen LogP contribution is -2.09. The average molecular weight is 242 g/mol.